The summed E-state index contributed by atoms with van der Waals surface area (Å²) >= 11 is 1.26. The Morgan fingerprint density at radius 3 is 2.50 bits per heavy atom. The first-order valence-corrected chi connectivity index (χ1v) is 13.2. The van der Waals surface area contributed by atoms with E-state index in [0.29, 0.717) is 21.8 Å². The fraction of sp³-hybridized carbons (Fsp3) is 0.176. The van der Waals surface area contributed by atoms with Crippen LogP contribution in [-0.4, -0.2) is 54.7 Å². The maximum Gasteiger partial charge on any atom is 0.240 e. The molecule has 4 rings (SSSR count). The first-order valence-electron chi connectivity index (χ1n) is 9.15. The van der Waals surface area contributed by atoms with Crippen LogP contribution in [0.3, 0.4) is 0 Å². The molecule has 15 heteroatoms. The van der Waals surface area contributed by atoms with Gasteiger partial charge in [-0.15, -0.1) is 10.2 Å². The molecule has 0 spiro atoms. The number of fused-ring (bicyclic) bond motifs is 1. The predicted molar refractivity (Wildman–Crippen MR) is 120 cm³/mol. The molecule has 32 heavy (non-hydrogen) atoms. The fourth-order valence-electron chi connectivity index (χ4n) is 3.37. The number of sulfonamides is 1. The number of primary sulfonamides is 1. The lowest BCUT2D eigenvalue weighted by molar-refractivity contribution is 0.582. The molecule has 0 fully saturated rings. The molecule has 7 N–H and O–H groups in total. The molecule has 0 aliphatic carbocycles. The first kappa shape index (κ1) is 22.2. The van der Waals surface area contributed by atoms with Gasteiger partial charge in [0.1, 0.15) is 4.90 Å². The third kappa shape index (κ3) is 3.95. The Bertz CT molecular complexity index is 1510. The zero-order chi connectivity index (χ0) is 23.1. The number of nitrogen functional groups attached to an aromatic ring is 1. The Kier molecular flexibility index (Phi) is 5.68. The van der Waals surface area contributed by atoms with Gasteiger partial charge in [0, 0.05) is 5.56 Å². The number of sulfone groups is 1. The monoisotopic (exact) mass is 494 g/mol. The molecule has 0 bridgehead atoms. The van der Waals surface area contributed by atoms with Crippen LogP contribution in [0.1, 0.15) is 6.42 Å². The van der Waals surface area contributed by atoms with E-state index in [0.717, 1.165) is 4.70 Å². The molecular weight excluding hydrogens is 476 g/mol. The molecule has 0 amide bonds. The lowest BCUT2D eigenvalue weighted by Gasteiger charge is -2.16. The topological polar surface area (TPSA) is 214 Å². The van der Waals surface area contributed by atoms with Crippen molar-refractivity contribution in [2.24, 2.45) is 10.9 Å². The molecule has 0 aliphatic heterocycles. The summed E-state index contributed by atoms with van der Waals surface area (Å²) in [6.45, 7) is 0.118. The van der Waals surface area contributed by atoms with Gasteiger partial charge in [-0.1, -0.05) is 29.5 Å². The number of benzene rings is 2. The van der Waals surface area contributed by atoms with Gasteiger partial charge in [-0.25, -0.2) is 27.0 Å². The maximum atomic E-state index is 13.0. The summed E-state index contributed by atoms with van der Waals surface area (Å²) < 4.78 is 52.1. The number of nitrogens with zero attached hydrogens (tertiary/aromatic N) is 4. The Morgan fingerprint density at radius 1 is 1.06 bits per heavy atom. The van der Waals surface area contributed by atoms with Gasteiger partial charge in [0.05, 0.1) is 26.4 Å². The van der Waals surface area contributed by atoms with Crippen molar-refractivity contribution in [3.05, 3.63) is 30.3 Å². The third-order valence-corrected chi connectivity index (χ3v) is 8.46. The van der Waals surface area contributed by atoms with E-state index in [9.17, 15) is 16.8 Å². The van der Waals surface area contributed by atoms with E-state index in [2.05, 4.69) is 25.6 Å². The van der Waals surface area contributed by atoms with Gasteiger partial charge in [-0.05, 0) is 35.9 Å². The summed E-state index contributed by atoms with van der Waals surface area (Å²) in [5, 5.41) is 19.4. The van der Waals surface area contributed by atoms with Gasteiger partial charge in [0.15, 0.2) is 15.0 Å². The Hall–Kier alpha value is -2.98. The molecule has 0 saturated heterocycles. The van der Waals surface area contributed by atoms with Crippen LogP contribution < -0.4 is 16.6 Å². The average molecular weight is 495 g/mol. The molecule has 0 radical (unpaired) electrons. The van der Waals surface area contributed by atoms with Crippen LogP contribution in [0.2, 0.25) is 0 Å². The minimum atomic E-state index is -4.55. The van der Waals surface area contributed by atoms with Crippen LogP contribution in [-0.2, 0) is 19.9 Å². The number of anilines is 1. The lowest BCUT2D eigenvalue weighted by atomic mass is 9.98. The Balaban J connectivity index is 2.14. The van der Waals surface area contributed by atoms with Crippen molar-refractivity contribution >= 4 is 46.5 Å². The number of para-hydroxylation sites is 1. The van der Waals surface area contributed by atoms with Crippen LogP contribution in [0.25, 0.3) is 32.7 Å². The number of rotatable bonds is 7. The summed E-state index contributed by atoms with van der Waals surface area (Å²) in [6.07, 6.45) is 0.142. The summed E-state index contributed by atoms with van der Waals surface area (Å²) in [6, 6.07) is 7.94. The SMILES string of the molecule is NCCCS(=O)(=O)c1ccc(-c2cccc3sc(N)nc23)c(-c2nn[nH]n2)c1S(N)(=O)=O. The fourth-order valence-corrected chi connectivity index (χ4v) is 7.12. The molecule has 0 atom stereocenters. The predicted octanol–water partition coefficient (Wildman–Crippen LogP) is 0.496. The van der Waals surface area contributed by atoms with Gasteiger partial charge in [0.25, 0.3) is 0 Å². The van der Waals surface area contributed by atoms with Crippen LogP contribution in [0.5, 0.6) is 0 Å². The Morgan fingerprint density at radius 2 is 1.84 bits per heavy atom. The van der Waals surface area contributed by atoms with E-state index in [1.807, 2.05) is 6.07 Å². The minimum absolute atomic E-state index is 0.103. The highest BCUT2D eigenvalue weighted by Crippen LogP contribution is 2.42. The van der Waals surface area contributed by atoms with E-state index in [-0.39, 0.29) is 30.1 Å². The number of aromatic amines is 1. The molecule has 2 heterocycles. The molecule has 168 valence electrons. The number of hydrogen-bond acceptors (Lipinski definition) is 11. The summed E-state index contributed by atoms with van der Waals surface area (Å²) in [7, 11) is -8.60. The smallest absolute Gasteiger partial charge is 0.240 e. The highest BCUT2D eigenvalue weighted by molar-refractivity contribution is 7.93. The molecule has 4 aromatic rings. The number of nitrogens with two attached hydrogens (primary N) is 3. The molecule has 0 aliphatic rings. The van der Waals surface area contributed by atoms with Gasteiger partial charge in [-0.2, -0.15) is 5.21 Å². The van der Waals surface area contributed by atoms with Gasteiger partial charge in [0.2, 0.25) is 15.8 Å². The van der Waals surface area contributed by atoms with Crippen molar-refractivity contribution in [1.29, 1.82) is 0 Å². The number of tetrazole rings is 1. The van der Waals surface area contributed by atoms with E-state index < -0.39 is 29.7 Å². The summed E-state index contributed by atoms with van der Waals surface area (Å²) in [4.78, 5) is 3.26. The standard InChI is InChI=1S/C17H18N8O4S3/c18-7-2-8-31(26,27)12-6-5-9(10-3-1-4-11-14(10)21-17(19)30-11)13(15(12)32(20,28)29)16-22-24-25-23-16/h1,3-6H,2,7-8,18H2,(H2,19,21)(H2,20,28,29)(H,22,23,24,25). The molecule has 0 unspecified atom stereocenters. The molecule has 2 aromatic carbocycles. The van der Waals surface area contributed by atoms with Crippen molar-refractivity contribution in [3.63, 3.8) is 0 Å². The maximum absolute atomic E-state index is 13.0. The summed E-state index contributed by atoms with van der Waals surface area (Å²) in [5.41, 5.74) is 12.5. The highest BCUT2D eigenvalue weighted by atomic mass is 32.2. The lowest BCUT2D eigenvalue weighted by Crippen LogP contribution is -2.21. The summed E-state index contributed by atoms with van der Waals surface area (Å²) in [5.74, 6) is -0.491. The van der Waals surface area contributed by atoms with Gasteiger partial charge >= 0.3 is 0 Å². The second-order valence-electron chi connectivity index (χ2n) is 6.76. The number of aromatic nitrogens is 5. The quantitative estimate of drug-likeness (QED) is 0.279. The molecule has 0 saturated carbocycles. The van der Waals surface area contributed by atoms with E-state index in [1.165, 1.54) is 23.5 Å². The van der Waals surface area contributed by atoms with Crippen molar-refractivity contribution in [2.75, 3.05) is 18.0 Å². The second kappa shape index (κ2) is 8.18. The zero-order valence-corrected chi connectivity index (χ0v) is 18.8. The Labute approximate surface area is 186 Å². The van der Waals surface area contributed by atoms with Crippen molar-refractivity contribution in [3.8, 4) is 22.5 Å². The molecule has 2 aromatic heterocycles. The molecule has 12 nitrogen and oxygen atoms in total. The van der Waals surface area contributed by atoms with E-state index in [4.69, 9.17) is 16.6 Å². The van der Waals surface area contributed by atoms with Crippen molar-refractivity contribution in [1.82, 2.24) is 25.6 Å². The van der Waals surface area contributed by atoms with Crippen LogP contribution in [0, 0.1) is 0 Å². The van der Waals surface area contributed by atoms with Crippen molar-refractivity contribution < 1.29 is 16.8 Å². The van der Waals surface area contributed by atoms with Gasteiger partial charge < -0.3 is 11.5 Å². The van der Waals surface area contributed by atoms with E-state index >= 15 is 0 Å². The molecular formula is C17H18N8O4S3. The van der Waals surface area contributed by atoms with Crippen molar-refractivity contribution in [2.45, 2.75) is 16.2 Å². The number of H-pyrrole nitrogens is 1. The highest BCUT2D eigenvalue weighted by Gasteiger charge is 2.32. The minimum Gasteiger partial charge on any atom is -0.375 e. The third-order valence-electron chi connectivity index (χ3n) is 4.65. The first-order chi connectivity index (χ1) is 15.1. The normalized spacial score (nSPS) is 12.4. The van der Waals surface area contributed by atoms with E-state index in [1.54, 1.807) is 12.1 Å². The van der Waals surface area contributed by atoms with Gasteiger partial charge in [-0.3, -0.25) is 0 Å². The number of nitrogens with one attached hydrogen (secondary N) is 1. The average Bonchev–Trinajstić information content (AvgIpc) is 3.39. The van der Waals surface area contributed by atoms with Crippen LogP contribution in [0.4, 0.5) is 5.13 Å². The second-order valence-corrected chi connectivity index (χ2v) is 11.4. The number of hydrogen-bond donors (Lipinski definition) is 4. The number of thiazole rings is 1. The van der Waals surface area contributed by atoms with Crippen LogP contribution in [0.15, 0.2) is 40.1 Å². The largest absolute Gasteiger partial charge is 0.375 e. The van der Waals surface area contributed by atoms with Crippen LogP contribution >= 0.6 is 11.3 Å². The zero-order valence-electron chi connectivity index (χ0n) is 16.4.